The van der Waals surface area contributed by atoms with Crippen molar-refractivity contribution in [3.63, 3.8) is 0 Å². The van der Waals surface area contributed by atoms with Gasteiger partial charge in [-0.1, -0.05) is 30.0 Å². The molecular weight excluding hydrogens is 370 g/mol. The first kappa shape index (κ1) is 19.7. The van der Waals surface area contributed by atoms with Gasteiger partial charge in [-0.2, -0.15) is 5.26 Å². The number of nitriles is 1. The van der Waals surface area contributed by atoms with Crippen molar-refractivity contribution in [1.82, 2.24) is 4.98 Å². The lowest BCUT2D eigenvalue weighted by atomic mass is 10.1. The van der Waals surface area contributed by atoms with Gasteiger partial charge in [-0.3, -0.25) is 4.79 Å². The molecule has 3 rings (SSSR count). The maximum Gasteiger partial charge on any atom is 0.234 e. The van der Waals surface area contributed by atoms with Crippen LogP contribution in [0.5, 0.6) is 5.75 Å². The third kappa shape index (κ3) is 4.44. The van der Waals surface area contributed by atoms with Gasteiger partial charge in [-0.15, -0.1) is 0 Å². The number of rotatable bonds is 6. The largest absolute Gasteiger partial charge is 0.494 e. The number of aromatic nitrogens is 1. The molecule has 5 nitrogen and oxygen atoms in total. The number of pyridine rings is 1. The molecular formula is C22H21N3O2S. The van der Waals surface area contributed by atoms with Crippen molar-refractivity contribution in [1.29, 1.82) is 5.26 Å². The first-order valence-corrected chi connectivity index (χ1v) is 9.97. The highest BCUT2D eigenvalue weighted by atomic mass is 32.2. The summed E-state index contributed by atoms with van der Waals surface area (Å²) < 4.78 is 5.50. The minimum absolute atomic E-state index is 0.125. The first-order valence-electron chi connectivity index (χ1n) is 8.98. The third-order valence-corrected chi connectivity index (χ3v) is 5.26. The number of ether oxygens (including phenoxy) is 1. The quantitative estimate of drug-likeness (QED) is 0.608. The number of thioether (sulfide) groups is 1. The highest BCUT2D eigenvalue weighted by molar-refractivity contribution is 8.00. The van der Waals surface area contributed by atoms with Crippen molar-refractivity contribution in [3.05, 3.63) is 59.2 Å². The van der Waals surface area contributed by atoms with Crippen LogP contribution in [-0.4, -0.2) is 23.3 Å². The van der Waals surface area contributed by atoms with E-state index in [2.05, 4.69) is 16.4 Å². The minimum atomic E-state index is -0.125. The van der Waals surface area contributed by atoms with E-state index in [-0.39, 0.29) is 11.7 Å². The van der Waals surface area contributed by atoms with E-state index in [4.69, 9.17) is 4.74 Å². The van der Waals surface area contributed by atoms with E-state index in [1.54, 1.807) is 6.07 Å². The third-order valence-electron chi connectivity index (χ3n) is 4.27. The fraction of sp³-hybridized carbons (Fsp3) is 0.227. The standard InChI is InChI=1S/C22H21N3O2S/c1-4-27-18-8-9-19-16(11-18)10-17(12-23)22(24-19)28-13-20(26)25-21-14(2)6-5-7-15(21)3/h5-11H,4,13H2,1-3H3,(H,25,26). The second-order valence-corrected chi connectivity index (χ2v) is 7.31. The van der Waals surface area contributed by atoms with Gasteiger partial charge in [0.15, 0.2) is 0 Å². The van der Waals surface area contributed by atoms with E-state index in [1.165, 1.54) is 11.8 Å². The Bertz CT molecular complexity index is 1050. The molecule has 0 spiro atoms. The van der Waals surface area contributed by atoms with Gasteiger partial charge in [-0.25, -0.2) is 4.98 Å². The molecule has 2 aromatic carbocycles. The number of carbonyl (C=O) groups excluding carboxylic acids is 1. The van der Waals surface area contributed by atoms with Crippen molar-refractivity contribution >= 4 is 34.3 Å². The van der Waals surface area contributed by atoms with Crippen LogP contribution < -0.4 is 10.1 Å². The lowest BCUT2D eigenvalue weighted by Crippen LogP contribution is -2.16. The highest BCUT2D eigenvalue weighted by Crippen LogP contribution is 2.27. The summed E-state index contributed by atoms with van der Waals surface area (Å²) in [4.78, 5) is 17.0. The van der Waals surface area contributed by atoms with Gasteiger partial charge < -0.3 is 10.1 Å². The van der Waals surface area contributed by atoms with Crippen LogP contribution in [0.15, 0.2) is 47.5 Å². The number of amides is 1. The molecule has 28 heavy (non-hydrogen) atoms. The van der Waals surface area contributed by atoms with Gasteiger partial charge in [0, 0.05) is 11.1 Å². The summed E-state index contributed by atoms with van der Waals surface area (Å²) in [7, 11) is 0. The molecule has 0 bridgehead atoms. The van der Waals surface area contributed by atoms with Crippen LogP contribution in [0.25, 0.3) is 10.9 Å². The first-order chi connectivity index (χ1) is 13.5. The Hall–Kier alpha value is -3.04. The van der Waals surface area contributed by atoms with E-state index in [0.29, 0.717) is 17.2 Å². The van der Waals surface area contributed by atoms with Gasteiger partial charge in [0.2, 0.25) is 5.91 Å². The SMILES string of the molecule is CCOc1ccc2nc(SCC(=O)Nc3c(C)cccc3C)c(C#N)cc2c1. The van der Waals surface area contributed by atoms with Crippen molar-refractivity contribution in [3.8, 4) is 11.8 Å². The lowest BCUT2D eigenvalue weighted by molar-refractivity contribution is -0.113. The molecule has 1 amide bonds. The number of benzene rings is 2. The molecule has 0 saturated heterocycles. The maximum absolute atomic E-state index is 12.4. The van der Waals surface area contributed by atoms with Crippen LogP contribution in [0.1, 0.15) is 23.6 Å². The van der Waals surface area contributed by atoms with Crippen molar-refractivity contribution in [2.45, 2.75) is 25.8 Å². The molecule has 0 saturated carbocycles. The Labute approximate surface area is 168 Å². The zero-order valence-electron chi connectivity index (χ0n) is 16.1. The second-order valence-electron chi connectivity index (χ2n) is 6.34. The number of carbonyl (C=O) groups is 1. The Morgan fingerprint density at radius 2 is 1.96 bits per heavy atom. The van der Waals surface area contributed by atoms with Gasteiger partial charge in [0.1, 0.15) is 16.8 Å². The number of hydrogen-bond donors (Lipinski definition) is 1. The number of nitrogens with one attached hydrogen (secondary N) is 1. The average Bonchev–Trinajstić information content (AvgIpc) is 2.68. The molecule has 3 aromatic rings. The van der Waals surface area contributed by atoms with Gasteiger partial charge in [-0.05, 0) is 56.2 Å². The molecule has 0 fully saturated rings. The maximum atomic E-state index is 12.4. The molecule has 142 valence electrons. The van der Waals surface area contributed by atoms with Gasteiger partial charge >= 0.3 is 0 Å². The Balaban J connectivity index is 1.77. The average molecular weight is 391 g/mol. The molecule has 0 aliphatic rings. The summed E-state index contributed by atoms with van der Waals surface area (Å²) in [5.74, 6) is 0.798. The molecule has 1 N–H and O–H groups in total. The highest BCUT2D eigenvalue weighted by Gasteiger charge is 2.12. The van der Waals surface area contributed by atoms with Gasteiger partial charge in [0.25, 0.3) is 0 Å². The Morgan fingerprint density at radius 3 is 2.64 bits per heavy atom. The molecule has 1 aromatic heterocycles. The number of aryl methyl sites for hydroxylation is 2. The fourth-order valence-electron chi connectivity index (χ4n) is 2.90. The van der Waals surface area contributed by atoms with Crippen molar-refractivity contribution in [2.24, 2.45) is 0 Å². The molecule has 0 atom stereocenters. The van der Waals surface area contributed by atoms with Gasteiger partial charge in [0.05, 0.1) is 23.4 Å². The lowest BCUT2D eigenvalue weighted by Gasteiger charge is -2.11. The van der Waals surface area contributed by atoms with E-state index >= 15 is 0 Å². The van der Waals surface area contributed by atoms with Crippen LogP contribution >= 0.6 is 11.8 Å². The van der Waals surface area contributed by atoms with E-state index < -0.39 is 0 Å². The predicted molar refractivity (Wildman–Crippen MR) is 113 cm³/mol. The number of nitrogens with zero attached hydrogens (tertiary/aromatic N) is 2. The summed E-state index contributed by atoms with van der Waals surface area (Å²) in [5, 5.41) is 13.8. The summed E-state index contributed by atoms with van der Waals surface area (Å²) in [6.07, 6.45) is 0. The van der Waals surface area contributed by atoms with Crippen molar-refractivity contribution in [2.75, 3.05) is 17.7 Å². The molecule has 1 heterocycles. The zero-order chi connectivity index (χ0) is 20.1. The molecule has 6 heteroatoms. The van der Waals surface area contributed by atoms with Crippen LogP contribution in [0.2, 0.25) is 0 Å². The van der Waals surface area contributed by atoms with E-state index in [1.807, 2.05) is 57.2 Å². The summed E-state index contributed by atoms with van der Waals surface area (Å²) in [5.41, 5.74) is 4.09. The summed E-state index contributed by atoms with van der Waals surface area (Å²) in [6.45, 7) is 6.43. The van der Waals surface area contributed by atoms with Crippen LogP contribution in [0, 0.1) is 25.2 Å². The van der Waals surface area contributed by atoms with E-state index in [9.17, 15) is 10.1 Å². The van der Waals surface area contributed by atoms with Crippen LogP contribution in [0.3, 0.4) is 0 Å². The molecule has 0 aliphatic carbocycles. The number of para-hydroxylation sites is 1. The molecule has 0 unspecified atom stereocenters. The number of anilines is 1. The van der Waals surface area contributed by atoms with E-state index in [0.717, 1.165) is 33.5 Å². The minimum Gasteiger partial charge on any atom is -0.494 e. The monoisotopic (exact) mass is 391 g/mol. The summed E-state index contributed by atoms with van der Waals surface area (Å²) >= 11 is 1.26. The van der Waals surface area contributed by atoms with Crippen LogP contribution in [0.4, 0.5) is 5.69 Å². The Morgan fingerprint density at radius 1 is 1.21 bits per heavy atom. The molecule has 0 radical (unpaired) electrons. The zero-order valence-corrected chi connectivity index (χ0v) is 16.9. The fourth-order valence-corrected chi connectivity index (χ4v) is 3.67. The van der Waals surface area contributed by atoms with Crippen LogP contribution in [-0.2, 0) is 4.79 Å². The molecule has 0 aliphatic heterocycles. The summed E-state index contributed by atoms with van der Waals surface area (Å²) in [6, 6.07) is 15.4. The second kappa shape index (κ2) is 8.77. The topological polar surface area (TPSA) is 75.0 Å². The number of fused-ring (bicyclic) bond motifs is 1. The van der Waals surface area contributed by atoms with Crippen molar-refractivity contribution < 1.29 is 9.53 Å². The normalized spacial score (nSPS) is 10.5. The number of hydrogen-bond acceptors (Lipinski definition) is 5. The smallest absolute Gasteiger partial charge is 0.234 e. The Kier molecular flexibility index (Phi) is 6.17. The predicted octanol–water partition coefficient (Wildman–Crippen LogP) is 4.85.